The first-order valence-corrected chi connectivity index (χ1v) is 7.40. The summed E-state index contributed by atoms with van der Waals surface area (Å²) in [5, 5.41) is 0. The predicted molar refractivity (Wildman–Crippen MR) is 67.3 cm³/mol. The van der Waals surface area contributed by atoms with E-state index < -0.39 is 13.4 Å². The Morgan fingerprint density at radius 1 is 1.29 bits per heavy atom. The summed E-state index contributed by atoms with van der Waals surface area (Å²) in [4.78, 5) is 18.0. The highest BCUT2D eigenvalue weighted by Gasteiger charge is 2.26. The summed E-state index contributed by atoms with van der Waals surface area (Å²) in [5.74, 6) is -0.555. The molecule has 2 N–H and O–H groups in total. The van der Waals surface area contributed by atoms with E-state index in [9.17, 15) is 4.57 Å². The molecule has 4 nitrogen and oxygen atoms in total. The van der Waals surface area contributed by atoms with Gasteiger partial charge in [-0.15, -0.1) is 0 Å². The van der Waals surface area contributed by atoms with Crippen molar-refractivity contribution in [2.24, 2.45) is 0 Å². The molecule has 1 unspecified atom stereocenters. The van der Waals surface area contributed by atoms with E-state index in [2.05, 4.69) is 6.92 Å². The standard InChI is InChI=1S/C12H19O4P/c1-4-10-6-7-12(11(5-2)8-10)16-9(3)17(13,14)15/h6-9H,4-5H2,1-3H3,(H2,13,14,15). The van der Waals surface area contributed by atoms with Gasteiger partial charge in [0.15, 0.2) is 5.85 Å². The van der Waals surface area contributed by atoms with Crippen LogP contribution < -0.4 is 4.74 Å². The fourth-order valence-electron chi connectivity index (χ4n) is 1.50. The molecule has 0 bridgehead atoms. The molecule has 0 aliphatic carbocycles. The summed E-state index contributed by atoms with van der Waals surface area (Å²) < 4.78 is 16.4. The van der Waals surface area contributed by atoms with E-state index >= 15 is 0 Å². The molecule has 0 fully saturated rings. The third-order valence-corrected chi connectivity index (χ3v) is 3.74. The predicted octanol–water partition coefficient (Wildman–Crippen LogP) is 2.71. The van der Waals surface area contributed by atoms with Crippen LogP contribution >= 0.6 is 7.60 Å². The Bertz CT molecular complexity index is 425. The molecule has 0 spiro atoms. The van der Waals surface area contributed by atoms with Crippen LogP contribution in [0.5, 0.6) is 5.75 Å². The number of rotatable bonds is 5. The lowest BCUT2D eigenvalue weighted by molar-refractivity contribution is 0.236. The lowest BCUT2D eigenvalue weighted by atomic mass is 10.1. The molecule has 0 aliphatic rings. The van der Waals surface area contributed by atoms with Crippen LogP contribution in [0.25, 0.3) is 0 Å². The minimum atomic E-state index is -4.19. The summed E-state index contributed by atoms with van der Waals surface area (Å²) in [5.41, 5.74) is 2.17. The van der Waals surface area contributed by atoms with E-state index in [-0.39, 0.29) is 0 Å². The van der Waals surface area contributed by atoms with Gasteiger partial charge in [0.25, 0.3) is 0 Å². The Morgan fingerprint density at radius 2 is 1.94 bits per heavy atom. The maximum Gasteiger partial charge on any atom is 0.365 e. The van der Waals surface area contributed by atoms with Gasteiger partial charge in [-0.25, -0.2) is 0 Å². The van der Waals surface area contributed by atoms with Crippen molar-refractivity contribution in [3.8, 4) is 5.75 Å². The van der Waals surface area contributed by atoms with E-state index in [1.54, 1.807) is 6.07 Å². The van der Waals surface area contributed by atoms with Gasteiger partial charge in [0.05, 0.1) is 0 Å². The summed E-state index contributed by atoms with van der Waals surface area (Å²) in [6, 6.07) is 5.71. The molecule has 96 valence electrons. The number of ether oxygens (including phenoxy) is 1. The molecule has 5 heteroatoms. The first kappa shape index (κ1) is 14.2. The van der Waals surface area contributed by atoms with Gasteiger partial charge in [-0.3, -0.25) is 4.57 Å². The Balaban J connectivity index is 2.95. The molecule has 1 atom stereocenters. The van der Waals surface area contributed by atoms with Crippen molar-refractivity contribution in [3.63, 3.8) is 0 Å². The minimum Gasteiger partial charge on any atom is -0.478 e. The van der Waals surface area contributed by atoms with Gasteiger partial charge in [0, 0.05) is 0 Å². The Hall–Kier alpha value is -0.830. The highest BCUT2D eigenvalue weighted by Crippen LogP contribution is 2.42. The van der Waals surface area contributed by atoms with Crippen LogP contribution in [0.4, 0.5) is 0 Å². The maximum absolute atomic E-state index is 11.0. The second-order valence-electron chi connectivity index (χ2n) is 3.96. The van der Waals surface area contributed by atoms with Gasteiger partial charge in [-0.1, -0.05) is 26.0 Å². The Labute approximate surface area is 102 Å². The molecular formula is C12H19O4P. The fraction of sp³-hybridized carbons (Fsp3) is 0.500. The first-order valence-electron chi connectivity index (χ1n) is 5.72. The fourth-order valence-corrected chi connectivity index (χ4v) is 1.75. The van der Waals surface area contributed by atoms with Gasteiger partial charge in [0.2, 0.25) is 0 Å². The Kier molecular flexibility index (Phi) is 4.75. The summed E-state index contributed by atoms with van der Waals surface area (Å²) >= 11 is 0. The van der Waals surface area contributed by atoms with Gasteiger partial charge in [-0.05, 0) is 37.0 Å². The van der Waals surface area contributed by atoms with Crippen molar-refractivity contribution in [2.75, 3.05) is 0 Å². The van der Waals surface area contributed by atoms with Crippen LogP contribution in [0, 0.1) is 0 Å². The molecule has 0 aromatic heterocycles. The second kappa shape index (κ2) is 5.67. The average molecular weight is 258 g/mol. The second-order valence-corrected chi connectivity index (χ2v) is 5.86. The monoisotopic (exact) mass is 258 g/mol. The molecule has 0 heterocycles. The summed E-state index contributed by atoms with van der Waals surface area (Å²) in [7, 11) is -4.19. The van der Waals surface area contributed by atoms with E-state index in [0.29, 0.717) is 5.75 Å². The highest BCUT2D eigenvalue weighted by atomic mass is 31.2. The van der Waals surface area contributed by atoms with Crippen molar-refractivity contribution in [2.45, 2.75) is 39.5 Å². The molecule has 1 aromatic rings. The van der Waals surface area contributed by atoms with E-state index in [1.165, 1.54) is 12.5 Å². The van der Waals surface area contributed by atoms with E-state index in [0.717, 1.165) is 18.4 Å². The number of aryl methyl sites for hydroxylation is 2. The van der Waals surface area contributed by atoms with Crippen LogP contribution in [-0.4, -0.2) is 15.6 Å². The van der Waals surface area contributed by atoms with Gasteiger partial charge in [0.1, 0.15) is 5.75 Å². The third kappa shape index (κ3) is 3.84. The first-order chi connectivity index (χ1) is 7.88. The molecule has 17 heavy (non-hydrogen) atoms. The normalized spacial score (nSPS) is 13.5. The SMILES string of the molecule is CCc1ccc(OC(C)P(=O)(O)O)c(CC)c1. The minimum absolute atomic E-state index is 0.556. The molecule has 1 aromatic carbocycles. The number of hydrogen-bond acceptors (Lipinski definition) is 2. The number of hydrogen-bond donors (Lipinski definition) is 2. The highest BCUT2D eigenvalue weighted by molar-refractivity contribution is 7.52. The van der Waals surface area contributed by atoms with Crippen molar-refractivity contribution in [3.05, 3.63) is 29.3 Å². The van der Waals surface area contributed by atoms with Crippen LogP contribution in [0.1, 0.15) is 31.9 Å². The van der Waals surface area contributed by atoms with Crippen LogP contribution in [0.3, 0.4) is 0 Å². The molecule has 1 rings (SSSR count). The van der Waals surface area contributed by atoms with Crippen LogP contribution in [-0.2, 0) is 17.4 Å². The van der Waals surface area contributed by atoms with Crippen molar-refractivity contribution >= 4 is 7.60 Å². The quantitative estimate of drug-likeness (QED) is 0.797. The molecule has 0 amide bonds. The van der Waals surface area contributed by atoms with E-state index in [1.807, 2.05) is 19.1 Å². The number of benzene rings is 1. The average Bonchev–Trinajstić information content (AvgIpc) is 2.28. The molecular weight excluding hydrogens is 239 g/mol. The molecule has 0 radical (unpaired) electrons. The van der Waals surface area contributed by atoms with Crippen molar-refractivity contribution in [1.29, 1.82) is 0 Å². The zero-order valence-corrected chi connectivity index (χ0v) is 11.3. The zero-order chi connectivity index (χ0) is 13.1. The summed E-state index contributed by atoms with van der Waals surface area (Å²) in [6.07, 6.45) is 1.71. The van der Waals surface area contributed by atoms with Crippen molar-refractivity contribution in [1.82, 2.24) is 0 Å². The lowest BCUT2D eigenvalue weighted by Gasteiger charge is -2.18. The van der Waals surface area contributed by atoms with Crippen LogP contribution in [0.15, 0.2) is 18.2 Å². The summed E-state index contributed by atoms with van der Waals surface area (Å²) in [6.45, 7) is 5.44. The van der Waals surface area contributed by atoms with Crippen molar-refractivity contribution < 1.29 is 19.1 Å². The smallest absolute Gasteiger partial charge is 0.365 e. The molecule has 0 saturated heterocycles. The zero-order valence-electron chi connectivity index (χ0n) is 10.4. The van der Waals surface area contributed by atoms with Gasteiger partial charge in [-0.2, -0.15) is 0 Å². The maximum atomic E-state index is 11.0. The molecule has 0 saturated carbocycles. The van der Waals surface area contributed by atoms with Crippen LogP contribution in [0.2, 0.25) is 0 Å². The molecule has 0 aliphatic heterocycles. The third-order valence-electron chi connectivity index (χ3n) is 2.69. The largest absolute Gasteiger partial charge is 0.478 e. The Morgan fingerprint density at radius 3 is 2.41 bits per heavy atom. The lowest BCUT2D eigenvalue weighted by Crippen LogP contribution is -2.13. The van der Waals surface area contributed by atoms with Gasteiger partial charge < -0.3 is 14.5 Å². The van der Waals surface area contributed by atoms with Gasteiger partial charge >= 0.3 is 7.60 Å². The van der Waals surface area contributed by atoms with E-state index in [4.69, 9.17) is 14.5 Å². The topological polar surface area (TPSA) is 66.8 Å².